The van der Waals surface area contributed by atoms with Gasteiger partial charge in [-0.2, -0.15) is 0 Å². The molecule has 1 N–H and O–H groups in total. The maximum Gasteiger partial charge on any atom is 0.0843 e. The summed E-state index contributed by atoms with van der Waals surface area (Å²) in [5, 5.41) is 3.56. The molecule has 2 aromatic rings. The van der Waals surface area contributed by atoms with E-state index in [2.05, 4.69) is 101 Å². The summed E-state index contributed by atoms with van der Waals surface area (Å²) in [4.78, 5) is 1.28. The summed E-state index contributed by atoms with van der Waals surface area (Å²) in [5.41, 5.74) is 2.47. The van der Waals surface area contributed by atoms with Gasteiger partial charge in [-0.05, 0) is 74.7 Å². The molecule has 1 atom stereocenters. The Kier molecular flexibility index (Phi) is 6.33. The summed E-state index contributed by atoms with van der Waals surface area (Å²) in [7, 11) is 0. The Morgan fingerprint density at radius 3 is 2.30 bits per heavy atom. The van der Waals surface area contributed by atoms with E-state index < -0.39 is 0 Å². The number of hydrogen-bond donors (Lipinski definition) is 1. The Morgan fingerprint density at radius 1 is 1.05 bits per heavy atom. The first kappa shape index (κ1) is 17.2. The molecule has 1 heterocycles. The van der Waals surface area contributed by atoms with Crippen molar-refractivity contribution in [3.8, 4) is 0 Å². The van der Waals surface area contributed by atoms with E-state index in [-0.39, 0.29) is 6.04 Å². The minimum atomic E-state index is 0.180. The smallest absolute Gasteiger partial charge is 0.0843 e. The van der Waals surface area contributed by atoms with Crippen LogP contribution in [-0.2, 0) is 0 Å². The molecule has 6 heteroatoms. The summed E-state index contributed by atoms with van der Waals surface area (Å²) in [6.07, 6.45) is 0. The van der Waals surface area contributed by atoms with Gasteiger partial charge in [-0.3, -0.25) is 0 Å². The van der Waals surface area contributed by atoms with Crippen molar-refractivity contribution in [2.24, 2.45) is 0 Å². The molecule has 108 valence electrons. The van der Waals surface area contributed by atoms with Crippen molar-refractivity contribution in [3.63, 3.8) is 0 Å². The molecule has 0 amide bonds. The van der Waals surface area contributed by atoms with Gasteiger partial charge in [0.1, 0.15) is 0 Å². The summed E-state index contributed by atoms with van der Waals surface area (Å²) >= 11 is 16.2. The fraction of sp³-hybridized carbons (Fsp3) is 0.286. The van der Waals surface area contributed by atoms with E-state index in [1.807, 2.05) is 0 Å². The Balaban J connectivity index is 2.50. The van der Waals surface area contributed by atoms with Crippen LogP contribution in [0.5, 0.6) is 0 Å². The second-order valence-electron chi connectivity index (χ2n) is 4.38. The van der Waals surface area contributed by atoms with E-state index in [9.17, 15) is 0 Å². The first-order valence-corrected chi connectivity index (χ1v) is 10.1. The molecule has 0 saturated carbocycles. The summed E-state index contributed by atoms with van der Waals surface area (Å²) in [6, 6.07) is 6.69. The number of aryl methyl sites for hydroxylation is 1. The van der Waals surface area contributed by atoms with E-state index in [0.717, 1.165) is 23.7 Å². The highest BCUT2D eigenvalue weighted by Crippen LogP contribution is 2.40. The van der Waals surface area contributed by atoms with Crippen molar-refractivity contribution >= 4 is 75.1 Å². The summed E-state index contributed by atoms with van der Waals surface area (Å²) in [5.74, 6) is 0. The quantitative estimate of drug-likeness (QED) is 0.444. The largest absolute Gasteiger partial charge is 0.306 e. The average molecular weight is 547 g/mol. The van der Waals surface area contributed by atoms with E-state index >= 15 is 0 Å². The molecule has 0 radical (unpaired) electrons. The predicted molar refractivity (Wildman–Crippen MR) is 102 cm³/mol. The van der Waals surface area contributed by atoms with Gasteiger partial charge in [0.15, 0.2) is 0 Å². The average Bonchev–Trinajstić information content (AvgIpc) is 2.71. The van der Waals surface area contributed by atoms with Crippen molar-refractivity contribution in [1.82, 2.24) is 5.32 Å². The van der Waals surface area contributed by atoms with Crippen LogP contribution in [0.4, 0.5) is 0 Å². The standard InChI is InChI=1S/C14H13Br4NS/c1-3-19-13(12-6-11(17)14(18)20-12)8-5-9(15)7(2)4-10(8)16/h4-6,13,19H,3H2,1-2H3. The Hall–Kier alpha value is 0.800. The van der Waals surface area contributed by atoms with E-state index in [1.54, 1.807) is 11.3 Å². The van der Waals surface area contributed by atoms with Gasteiger partial charge in [-0.25, -0.2) is 0 Å². The molecule has 0 spiro atoms. The highest BCUT2D eigenvalue weighted by Gasteiger charge is 2.20. The molecule has 2 rings (SSSR count). The molecule has 1 unspecified atom stereocenters. The lowest BCUT2D eigenvalue weighted by atomic mass is 10.0. The van der Waals surface area contributed by atoms with Crippen molar-refractivity contribution < 1.29 is 0 Å². The first-order valence-electron chi connectivity index (χ1n) is 6.07. The number of halogens is 4. The third-order valence-corrected chi connectivity index (χ3v) is 7.81. The number of thiophene rings is 1. The second-order valence-corrected chi connectivity index (χ2v) is 9.35. The van der Waals surface area contributed by atoms with Gasteiger partial charge in [0.2, 0.25) is 0 Å². The lowest BCUT2D eigenvalue weighted by Crippen LogP contribution is -2.21. The number of nitrogens with one attached hydrogen (secondary N) is 1. The Morgan fingerprint density at radius 2 is 1.75 bits per heavy atom. The van der Waals surface area contributed by atoms with Crippen molar-refractivity contribution in [1.29, 1.82) is 0 Å². The minimum Gasteiger partial charge on any atom is -0.306 e. The van der Waals surface area contributed by atoms with Crippen molar-refractivity contribution in [2.75, 3.05) is 6.54 Å². The maximum atomic E-state index is 3.69. The molecule has 0 aliphatic rings. The van der Waals surface area contributed by atoms with Crippen molar-refractivity contribution in [3.05, 3.63) is 51.4 Å². The monoisotopic (exact) mass is 543 g/mol. The number of hydrogen-bond acceptors (Lipinski definition) is 2. The van der Waals surface area contributed by atoms with Gasteiger partial charge in [0.25, 0.3) is 0 Å². The van der Waals surface area contributed by atoms with Crippen LogP contribution >= 0.6 is 75.1 Å². The third kappa shape index (κ3) is 3.76. The molecule has 0 aliphatic carbocycles. The van der Waals surface area contributed by atoms with Gasteiger partial charge in [0, 0.05) is 18.3 Å². The third-order valence-electron chi connectivity index (χ3n) is 2.95. The normalized spacial score (nSPS) is 12.7. The van der Waals surface area contributed by atoms with Crippen molar-refractivity contribution in [2.45, 2.75) is 19.9 Å². The number of rotatable bonds is 4. The topological polar surface area (TPSA) is 12.0 Å². The maximum absolute atomic E-state index is 3.69. The van der Waals surface area contributed by atoms with Gasteiger partial charge in [-0.1, -0.05) is 38.8 Å². The fourth-order valence-corrected chi connectivity index (χ4v) is 5.19. The molecule has 0 fully saturated rings. The minimum absolute atomic E-state index is 0.180. The first-order chi connectivity index (χ1) is 9.43. The molecule has 1 nitrogen and oxygen atoms in total. The lowest BCUT2D eigenvalue weighted by Gasteiger charge is -2.19. The van der Waals surface area contributed by atoms with E-state index in [0.29, 0.717) is 0 Å². The van der Waals surface area contributed by atoms with Gasteiger partial charge < -0.3 is 5.32 Å². The SMILES string of the molecule is CCNC(c1cc(Br)c(Br)s1)c1cc(Br)c(C)cc1Br. The predicted octanol–water partition coefficient (Wildman–Crippen LogP) is 6.81. The molecule has 20 heavy (non-hydrogen) atoms. The van der Waals surface area contributed by atoms with Crippen LogP contribution in [-0.4, -0.2) is 6.54 Å². The molecule has 0 aliphatic heterocycles. The molecule has 1 aromatic heterocycles. The van der Waals surface area contributed by atoms with E-state index in [4.69, 9.17) is 0 Å². The van der Waals surface area contributed by atoms with E-state index in [1.165, 1.54) is 16.0 Å². The molecule has 1 aromatic carbocycles. The van der Waals surface area contributed by atoms with Gasteiger partial charge in [-0.15, -0.1) is 11.3 Å². The Labute approximate surface area is 157 Å². The fourth-order valence-electron chi connectivity index (χ4n) is 1.96. The van der Waals surface area contributed by atoms with Crippen LogP contribution in [0, 0.1) is 6.92 Å². The highest BCUT2D eigenvalue weighted by atomic mass is 79.9. The van der Waals surface area contributed by atoms with Gasteiger partial charge in [0.05, 0.1) is 9.83 Å². The van der Waals surface area contributed by atoms with Crippen LogP contribution in [0.2, 0.25) is 0 Å². The van der Waals surface area contributed by atoms with Crippen LogP contribution in [0.25, 0.3) is 0 Å². The van der Waals surface area contributed by atoms with Crippen LogP contribution < -0.4 is 5.32 Å². The zero-order valence-corrected chi connectivity index (χ0v) is 18.1. The molecule has 0 saturated heterocycles. The zero-order chi connectivity index (χ0) is 14.9. The summed E-state index contributed by atoms with van der Waals surface area (Å²) in [6.45, 7) is 5.14. The Bertz CT molecular complexity index is 604. The molecular weight excluding hydrogens is 534 g/mol. The molecular formula is C14H13Br4NS. The van der Waals surface area contributed by atoms with Crippen LogP contribution in [0.3, 0.4) is 0 Å². The second kappa shape index (κ2) is 7.38. The lowest BCUT2D eigenvalue weighted by molar-refractivity contribution is 0.637. The van der Waals surface area contributed by atoms with Crippen LogP contribution in [0.15, 0.2) is 35.4 Å². The van der Waals surface area contributed by atoms with Gasteiger partial charge >= 0.3 is 0 Å². The highest BCUT2D eigenvalue weighted by molar-refractivity contribution is 9.13. The zero-order valence-electron chi connectivity index (χ0n) is 10.9. The van der Waals surface area contributed by atoms with Crippen LogP contribution in [0.1, 0.15) is 29.0 Å². The molecule has 0 bridgehead atoms. The summed E-state index contributed by atoms with van der Waals surface area (Å²) < 4.78 is 4.48. The number of benzene rings is 1.